The summed E-state index contributed by atoms with van der Waals surface area (Å²) in [6.07, 6.45) is 2.12. The third kappa shape index (κ3) is 7.93. The van der Waals surface area contributed by atoms with Crippen molar-refractivity contribution in [3.05, 3.63) is 47.0 Å². The summed E-state index contributed by atoms with van der Waals surface area (Å²) in [4.78, 5) is 50.6. The second-order valence-corrected chi connectivity index (χ2v) is 17.0. The fourth-order valence-corrected chi connectivity index (χ4v) is 8.31. The van der Waals surface area contributed by atoms with Gasteiger partial charge in [-0.1, -0.05) is 12.2 Å². The molecule has 0 radical (unpaired) electrons. The number of rotatable bonds is 9. The molecule has 1 aliphatic heterocycles. The molecule has 0 bridgehead atoms. The Hall–Kier alpha value is -4.45. The summed E-state index contributed by atoms with van der Waals surface area (Å²) in [6, 6.07) is 3.11. The van der Waals surface area contributed by atoms with Crippen LogP contribution in [0.1, 0.15) is 63.1 Å². The van der Waals surface area contributed by atoms with Crippen molar-refractivity contribution < 1.29 is 45.4 Å². The van der Waals surface area contributed by atoms with Gasteiger partial charge in [0, 0.05) is 48.3 Å². The SMILES string of the molecule is COc1ccc2c(OCCC3NC(=O)N(C)CCCC/C=C\C4C[C@@]4(C(=O)NS(=O)(=O)C4(C)CC4)NC3=O)cc(-c3nc(C(F)(F)F)cs3)nc2c1C. The average Bonchev–Trinajstić information content (AvgIpc) is 3.96. The van der Waals surface area contributed by atoms with Gasteiger partial charge in [0.15, 0.2) is 5.69 Å². The minimum absolute atomic E-state index is 0.0151. The molecule has 3 aromatic rings. The van der Waals surface area contributed by atoms with Gasteiger partial charge in [-0.2, -0.15) is 13.2 Å². The number of carbonyl (C=O) groups excluding carboxylic acids is 3. The molecule has 3 aliphatic rings. The lowest BCUT2D eigenvalue weighted by molar-refractivity contribution is -0.140. The minimum Gasteiger partial charge on any atom is -0.496 e. The number of halogens is 3. The molecule has 3 N–H and O–H groups in total. The first-order valence-electron chi connectivity index (χ1n) is 17.2. The lowest BCUT2D eigenvalue weighted by atomic mass is 10.1. The highest BCUT2D eigenvalue weighted by Crippen LogP contribution is 2.47. The molecule has 53 heavy (non-hydrogen) atoms. The zero-order chi connectivity index (χ0) is 38.3. The highest BCUT2D eigenvalue weighted by molar-refractivity contribution is 7.91. The highest BCUT2D eigenvalue weighted by Gasteiger charge is 2.62. The van der Waals surface area contributed by atoms with Crippen LogP contribution in [0.2, 0.25) is 0 Å². The second-order valence-electron chi connectivity index (χ2n) is 14.0. The first kappa shape index (κ1) is 38.3. The molecule has 13 nitrogen and oxygen atoms in total. The molecule has 2 saturated carbocycles. The largest absolute Gasteiger partial charge is 0.496 e. The Balaban J connectivity index is 1.28. The molecular weight excluding hydrogens is 738 g/mol. The summed E-state index contributed by atoms with van der Waals surface area (Å²) >= 11 is 0.777. The van der Waals surface area contributed by atoms with Crippen molar-refractivity contribution in [2.45, 2.75) is 81.3 Å². The van der Waals surface area contributed by atoms with Crippen LogP contribution in [0.25, 0.3) is 21.6 Å². The van der Waals surface area contributed by atoms with E-state index < -0.39 is 62.0 Å². The van der Waals surface area contributed by atoms with E-state index in [2.05, 4.69) is 25.3 Å². The maximum absolute atomic E-state index is 14.0. The molecule has 0 saturated heterocycles. The summed E-state index contributed by atoms with van der Waals surface area (Å²) in [5.74, 6) is -1.27. The van der Waals surface area contributed by atoms with Crippen LogP contribution in [-0.2, 0) is 25.8 Å². The number of hydrogen-bond donors (Lipinski definition) is 3. The minimum atomic E-state index is -4.64. The van der Waals surface area contributed by atoms with Crippen LogP contribution < -0.4 is 24.8 Å². The van der Waals surface area contributed by atoms with Gasteiger partial charge in [-0.3, -0.25) is 14.3 Å². The van der Waals surface area contributed by atoms with Crippen LogP contribution in [0.5, 0.6) is 11.5 Å². The van der Waals surface area contributed by atoms with Gasteiger partial charge in [0.1, 0.15) is 33.8 Å². The molecule has 3 atom stereocenters. The Labute approximate surface area is 308 Å². The van der Waals surface area contributed by atoms with Crippen molar-refractivity contribution in [3.8, 4) is 22.2 Å². The number of nitrogens with zero attached hydrogens (tertiary/aromatic N) is 3. The molecule has 0 spiro atoms. The standard InChI is InChI=1S/C35H41F3N6O7S2/c1-20-25(50-4)11-10-22-26(17-24(39-28(20)22)30-41-27(19-52-30)35(36,37)38)51-16-12-23-29(45)42-34(31(46)43-53(48,49)33(2)13-14-33)18-21(34)9-7-5-6-8-15-44(3)32(47)40-23/h7,9-11,17,19,21,23H,5-6,8,12-16,18H2,1-4H3,(H,40,47)(H,42,45)(H,43,46)/b9-7-/t21?,23?,34-/m1/s1. The van der Waals surface area contributed by atoms with Gasteiger partial charge in [-0.05, 0) is 64.5 Å². The molecule has 6 rings (SSSR count). The Morgan fingerprint density at radius 1 is 1.17 bits per heavy atom. The second kappa shape index (κ2) is 14.4. The van der Waals surface area contributed by atoms with Crippen LogP contribution in [0.15, 0.2) is 35.7 Å². The normalized spacial score (nSPS) is 23.9. The summed E-state index contributed by atoms with van der Waals surface area (Å²) in [7, 11) is -0.918. The van der Waals surface area contributed by atoms with E-state index in [0.29, 0.717) is 54.4 Å². The van der Waals surface area contributed by atoms with Crippen molar-refractivity contribution in [1.29, 1.82) is 0 Å². The van der Waals surface area contributed by atoms with Crippen molar-refractivity contribution in [2.24, 2.45) is 5.92 Å². The number of aryl methyl sites for hydroxylation is 1. The molecule has 1 aromatic carbocycles. The van der Waals surface area contributed by atoms with Gasteiger partial charge >= 0.3 is 12.2 Å². The fourth-order valence-electron chi connectivity index (χ4n) is 6.21. The van der Waals surface area contributed by atoms with E-state index in [1.165, 1.54) is 18.1 Å². The number of fused-ring (bicyclic) bond motifs is 2. The quantitative estimate of drug-likeness (QED) is 0.251. The Kier molecular flexibility index (Phi) is 10.4. The van der Waals surface area contributed by atoms with Gasteiger partial charge in [-0.15, -0.1) is 11.3 Å². The first-order valence-corrected chi connectivity index (χ1v) is 19.6. The maximum atomic E-state index is 14.0. The number of pyridine rings is 1. The number of aromatic nitrogens is 2. The number of amides is 4. The predicted octanol–water partition coefficient (Wildman–Crippen LogP) is 5.09. The van der Waals surface area contributed by atoms with Crippen molar-refractivity contribution in [3.63, 3.8) is 0 Å². The van der Waals surface area contributed by atoms with E-state index in [1.807, 2.05) is 12.2 Å². The zero-order valence-corrected chi connectivity index (χ0v) is 31.3. The first-order chi connectivity index (χ1) is 25.0. The van der Waals surface area contributed by atoms with E-state index >= 15 is 0 Å². The molecule has 2 aliphatic carbocycles. The number of methoxy groups -OCH3 is 1. The number of carbonyl (C=O) groups is 3. The fraction of sp³-hybridized carbons (Fsp3) is 0.514. The van der Waals surface area contributed by atoms with Crippen LogP contribution in [-0.4, -0.2) is 84.8 Å². The number of ether oxygens (including phenoxy) is 2. The number of hydrogen-bond acceptors (Lipinski definition) is 10. The third-order valence-corrected chi connectivity index (χ3v) is 13.1. The molecule has 4 amide bonds. The van der Waals surface area contributed by atoms with Crippen LogP contribution >= 0.6 is 11.3 Å². The zero-order valence-electron chi connectivity index (χ0n) is 29.6. The molecular formula is C35H41F3N6O7S2. The van der Waals surface area contributed by atoms with Crippen LogP contribution in [0.4, 0.5) is 18.0 Å². The summed E-state index contributed by atoms with van der Waals surface area (Å²) < 4.78 is 79.0. The van der Waals surface area contributed by atoms with E-state index in [-0.39, 0.29) is 35.9 Å². The van der Waals surface area contributed by atoms with E-state index in [0.717, 1.165) is 23.1 Å². The Morgan fingerprint density at radius 2 is 1.92 bits per heavy atom. The lowest BCUT2D eigenvalue weighted by Gasteiger charge is -2.26. The summed E-state index contributed by atoms with van der Waals surface area (Å²) in [5, 5.41) is 6.94. The predicted molar refractivity (Wildman–Crippen MR) is 191 cm³/mol. The monoisotopic (exact) mass is 778 g/mol. The third-order valence-electron chi connectivity index (χ3n) is 10.1. The Morgan fingerprint density at radius 3 is 2.60 bits per heavy atom. The molecule has 2 unspecified atom stereocenters. The van der Waals surface area contributed by atoms with Gasteiger partial charge in [0.2, 0.25) is 15.9 Å². The molecule has 18 heteroatoms. The number of urea groups is 1. The van der Waals surface area contributed by atoms with Gasteiger partial charge in [0.25, 0.3) is 5.91 Å². The summed E-state index contributed by atoms with van der Waals surface area (Å²) in [5.41, 5.74) is -1.45. The number of benzene rings is 1. The number of allylic oxidation sites excluding steroid dienone is 1. The van der Waals surface area contributed by atoms with Crippen molar-refractivity contribution >= 4 is 50.1 Å². The van der Waals surface area contributed by atoms with Gasteiger partial charge in [-0.25, -0.2) is 23.2 Å². The lowest BCUT2D eigenvalue weighted by Crippen LogP contribution is -2.58. The van der Waals surface area contributed by atoms with Crippen LogP contribution in [0.3, 0.4) is 0 Å². The van der Waals surface area contributed by atoms with E-state index in [4.69, 9.17) is 9.47 Å². The number of sulfonamides is 1. The molecule has 3 heterocycles. The number of alkyl halides is 3. The van der Waals surface area contributed by atoms with E-state index in [1.54, 1.807) is 33.0 Å². The van der Waals surface area contributed by atoms with Crippen molar-refractivity contribution in [2.75, 3.05) is 27.3 Å². The van der Waals surface area contributed by atoms with Crippen molar-refractivity contribution in [1.82, 2.24) is 30.2 Å². The maximum Gasteiger partial charge on any atom is 0.434 e. The highest BCUT2D eigenvalue weighted by atomic mass is 32.2. The number of nitrogens with one attached hydrogen (secondary N) is 3. The smallest absolute Gasteiger partial charge is 0.434 e. The molecule has 286 valence electrons. The Bertz CT molecular complexity index is 2070. The van der Waals surface area contributed by atoms with E-state index in [9.17, 15) is 36.0 Å². The molecule has 2 aromatic heterocycles. The summed E-state index contributed by atoms with van der Waals surface area (Å²) in [6.45, 7) is 3.58. The van der Waals surface area contributed by atoms with Gasteiger partial charge in [0.05, 0.1) is 24.0 Å². The molecule has 2 fully saturated rings. The average molecular weight is 779 g/mol. The van der Waals surface area contributed by atoms with Gasteiger partial charge < -0.3 is 25.0 Å². The van der Waals surface area contributed by atoms with Crippen LogP contribution in [0, 0.1) is 12.8 Å². The number of thiazole rings is 1. The topological polar surface area (TPSA) is 169 Å².